The number of carbonyl (C=O) groups excluding carboxylic acids is 2. The lowest BCUT2D eigenvalue weighted by Gasteiger charge is -2.19. The van der Waals surface area contributed by atoms with E-state index in [9.17, 15) is 9.59 Å². The minimum Gasteiger partial charge on any atom is -0.469 e. The predicted molar refractivity (Wildman–Crippen MR) is 121 cm³/mol. The molecule has 1 aromatic carbocycles. The molecule has 5 N–H and O–H groups in total. The Morgan fingerprint density at radius 3 is 2.39 bits per heavy atom. The first-order valence-electron chi connectivity index (χ1n) is 11.0. The average molecular weight is 449 g/mol. The fraction of sp³-hybridized carbons (Fsp3) is 0.609. The van der Waals surface area contributed by atoms with Crippen molar-refractivity contribution in [3.63, 3.8) is 0 Å². The number of amidine groups is 1. The van der Waals surface area contributed by atoms with Crippen LogP contribution in [0.4, 0.5) is 0 Å². The van der Waals surface area contributed by atoms with E-state index in [2.05, 4.69) is 27.5 Å². The first-order valence-corrected chi connectivity index (χ1v) is 11.0. The minimum absolute atomic E-state index is 0. The lowest BCUT2D eigenvalue weighted by atomic mass is 9.93. The molecule has 1 heterocycles. The largest absolute Gasteiger partial charge is 0.469 e. The van der Waals surface area contributed by atoms with Crippen molar-refractivity contribution >= 4 is 30.1 Å². The van der Waals surface area contributed by atoms with Crippen molar-refractivity contribution in [2.75, 3.05) is 13.7 Å². The molecule has 2 unspecified atom stereocenters. The average Bonchev–Trinajstić information content (AvgIpc) is 3.39. The molecule has 31 heavy (non-hydrogen) atoms. The van der Waals surface area contributed by atoms with Crippen LogP contribution in [0, 0.1) is 23.2 Å². The summed E-state index contributed by atoms with van der Waals surface area (Å²) in [5.41, 5.74) is 7.71. The van der Waals surface area contributed by atoms with E-state index in [0.717, 1.165) is 23.9 Å². The summed E-state index contributed by atoms with van der Waals surface area (Å²) in [5, 5.41) is 14.2. The molecule has 2 aliphatic carbocycles. The van der Waals surface area contributed by atoms with Crippen LogP contribution in [0.1, 0.15) is 55.6 Å². The molecule has 1 aromatic rings. The molecule has 0 radical (unpaired) electrons. The molecule has 1 aliphatic heterocycles. The highest BCUT2D eigenvalue weighted by Crippen LogP contribution is 2.50. The Bertz CT molecular complexity index is 802. The number of nitrogens with one attached hydrogen (secondary N) is 3. The van der Waals surface area contributed by atoms with Gasteiger partial charge < -0.3 is 21.1 Å². The molecular weight excluding hydrogens is 416 g/mol. The number of nitrogens with two attached hydrogens (primary N) is 1. The summed E-state index contributed by atoms with van der Waals surface area (Å²) in [6, 6.07) is 8.79. The molecular formula is C23H33ClN4O3. The molecule has 0 aromatic heterocycles. The van der Waals surface area contributed by atoms with E-state index in [4.69, 9.17) is 11.1 Å². The Morgan fingerprint density at radius 1 is 1.16 bits per heavy atom. The normalized spacial score (nSPS) is 31.6. The molecule has 170 valence electrons. The monoisotopic (exact) mass is 448 g/mol. The summed E-state index contributed by atoms with van der Waals surface area (Å²) in [7, 11) is 1.36. The van der Waals surface area contributed by atoms with Crippen LogP contribution < -0.4 is 16.4 Å². The van der Waals surface area contributed by atoms with Crippen molar-refractivity contribution in [2.24, 2.45) is 23.5 Å². The third-order valence-corrected chi connectivity index (χ3v) is 7.29. The van der Waals surface area contributed by atoms with Gasteiger partial charge in [-0.15, -0.1) is 12.4 Å². The third kappa shape index (κ3) is 5.39. The first kappa shape index (κ1) is 23.5. The lowest BCUT2D eigenvalue weighted by molar-refractivity contribution is -0.143. The van der Waals surface area contributed by atoms with E-state index in [1.165, 1.54) is 38.4 Å². The zero-order chi connectivity index (χ0) is 21.3. The van der Waals surface area contributed by atoms with Gasteiger partial charge in [0.15, 0.2) is 0 Å². The standard InChI is InChI=1S/C23H32N4O3.ClH/c1-30-21(28)11-18-10-20(27-23(18)29)12-26-19-8-16-6-15(7-17(16)9-19)13-2-4-14(5-3-13)22(24)25;/h2-5,15-20,26H,6-12H2,1H3,(H3,24,25)(H,27,29);1H/t15?,16-,17+,18-,19?,20-;/m0./s1. The van der Waals surface area contributed by atoms with Gasteiger partial charge in [0, 0.05) is 24.2 Å². The number of ether oxygens (including phenoxy) is 1. The number of amides is 1. The smallest absolute Gasteiger partial charge is 0.306 e. The number of hydrogen-bond donors (Lipinski definition) is 4. The van der Waals surface area contributed by atoms with E-state index in [0.29, 0.717) is 18.4 Å². The van der Waals surface area contributed by atoms with Crippen molar-refractivity contribution < 1.29 is 14.3 Å². The van der Waals surface area contributed by atoms with Gasteiger partial charge in [0.2, 0.25) is 5.91 Å². The van der Waals surface area contributed by atoms with Crippen LogP contribution in [-0.4, -0.2) is 43.5 Å². The van der Waals surface area contributed by atoms with Crippen LogP contribution in [-0.2, 0) is 14.3 Å². The van der Waals surface area contributed by atoms with Gasteiger partial charge in [-0.25, -0.2) is 0 Å². The fourth-order valence-corrected chi connectivity index (χ4v) is 5.72. The van der Waals surface area contributed by atoms with Crippen molar-refractivity contribution in [3.8, 4) is 0 Å². The molecule has 0 bridgehead atoms. The van der Waals surface area contributed by atoms with Gasteiger partial charge in [0.1, 0.15) is 5.84 Å². The van der Waals surface area contributed by atoms with Crippen molar-refractivity contribution in [1.82, 2.24) is 10.6 Å². The van der Waals surface area contributed by atoms with E-state index < -0.39 is 0 Å². The quantitative estimate of drug-likeness (QED) is 0.290. The molecule has 4 rings (SSSR count). The maximum absolute atomic E-state index is 12.1. The second kappa shape index (κ2) is 10.0. The number of methoxy groups -OCH3 is 1. The summed E-state index contributed by atoms with van der Waals surface area (Å²) in [5.74, 6) is 1.62. The maximum Gasteiger partial charge on any atom is 0.306 e. The Labute approximate surface area is 189 Å². The number of hydrogen-bond acceptors (Lipinski definition) is 5. The summed E-state index contributed by atoms with van der Waals surface area (Å²) >= 11 is 0. The molecule has 0 spiro atoms. The molecule has 6 atom stereocenters. The number of esters is 1. The van der Waals surface area contributed by atoms with Crippen LogP contribution in [0.3, 0.4) is 0 Å². The number of benzene rings is 1. The molecule has 1 amide bonds. The van der Waals surface area contributed by atoms with Gasteiger partial charge in [-0.2, -0.15) is 0 Å². The molecule has 2 saturated carbocycles. The Morgan fingerprint density at radius 2 is 1.81 bits per heavy atom. The lowest BCUT2D eigenvalue weighted by Crippen LogP contribution is -2.39. The van der Waals surface area contributed by atoms with Crippen LogP contribution in [0.25, 0.3) is 0 Å². The van der Waals surface area contributed by atoms with Crippen molar-refractivity contribution in [3.05, 3.63) is 35.4 Å². The van der Waals surface area contributed by atoms with Crippen LogP contribution >= 0.6 is 12.4 Å². The van der Waals surface area contributed by atoms with Gasteiger partial charge in [-0.3, -0.25) is 15.0 Å². The van der Waals surface area contributed by atoms with Gasteiger partial charge in [-0.1, -0.05) is 24.3 Å². The Balaban J connectivity index is 0.00000272. The molecule has 8 heteroatoms. The van der Waals surface area contributed by atoms with Crippen LogP contribution in [0.2, 0.25) is 0 Å². The number of halogens is 1. The third-order valence-electron chi connectivity index (χ3n) is 7.29. The number of nitrogen functional groups attached to an aromatic ring is 1. The topological polar surface area (TPSA) is 117 Å². The zero-order valence-electron chi connectivity index (χ0n) is 17.9. The second-order valence-corrected chi connectivity index (χ2v) is 9.22. The molecule has 3 aliphatic rings. The van der Waals surface area contributed by atoms with Crippen molar-refractivity contribution in [2.45, 2.75) is 56.5 Å². The van der Waals surface area contributed by atoms with Crippen LogP contribution in [0.15, 0.2) is 24.3 Å². The SMILES string of the molecule is COC(=O)C[C@@H]1C[C@@H](CNC2C[C@@H]3CC(c4ccc(C(=N)N)cc4)C[C@@H]3C2)NC1=O.Cl. The molecule has 3 fully saturated rings. The summed E-state index contributed by atoms with van der Waals surface area (Å²) in [6.07, 6.45) is 5.70. The maximum atomic E-state index is 12.1. The van der Waals surface area contributed by atoms with E-state index >= 15 is 0 Å². The predicted octanol–water partition coefficient (Wildman–Crippen LogP) is 2.32. The zero-order valence-corrected chi connectivity index (χ0v) is 18.8. The molecule has 7 nitrogen and oxygen atoms in total. The van der Waals surface area contributed by atoms with E-state index in [-0.39, 0.29) is 48.5 Å². The van der Waals surface area contributed by atoms with Gasteiger partial charge in [0.25, 0.3) is 0 Å². The van der Waals surface area contributed by atoms with Gasteiger partial charge >= 0.3 is 5.97 Å². The first-order chi connectivity index (χ1) is 14.4. The number of carbonyl (C=O) groups is 2. The van der Waals surface area contributed by atoms with E-state index in [1.807, 2.05) is 12.1 Å². The second-order valence-electron chi connectivity index (χ2n) is 9.22. The minimum atomic E-state index is -0.321. The summed E-state index contributed by atoms with van der Waals surface area (Å²) in [6.45, 7) is 0.767. The highest BCUT2D eigenvalue weighted by Gasteiger charge is 2.42. The highest BCUT2D eigenvalue weighted by atomic mass is 35.5. The fourth-order valence-electron chi connectivity index (χ4n) is 5.72. The highest BCUT2D eigenvalue weighted by molar-refractivity contribution is 5.94. The number of rotatable bonds is 7. The Kier molecular flexibility index (Phi) is 7.59. The Hall–Kier alpha value is -2.12. The van der Waals surface area contributed by atoms with E-state index in [1.54, 1.807) is 0 Å². The summed E-state index contributed by atoms with van der Waals surface area (Å²) in [4.78, 5) is 23.5. The van der Waals surface area contributed by atoms with Gasteiger partial charge in [-0.05, 0) is 55.4 Å². The summed E-state index contributed by atoms with van der Waals surface area (Å²) < 4.78 is 4.69. The van der Waals surface area contributed by atoms with Crippen LogP contribution in [0.5, 0.6) is 0 Å². The van der Waals surface area contributed by atoms with Gasteiger partial charge in [0.05, 0.1) is 19.4 Å². The number of fused-ring (bicyclic) bond motifs is 1. The van der Waals surface area contributed by atoms with Crippen molar-refractivity contribution in [1.29, 1.82) is 5.41 Å². The molecule has 1 saturated heterocycles.